The molecular weight excluding hydrogens is 394 g/mol. The average Bonchev–Trinajstić information content (AvgIpc) is 2.83. The van der Waals surface area contributed by atoms with Gasteiger partial charge < -0.3 is 19.4 Å². The van der Waals surface area contributed by atoms with Crippen LogP contribution in [0.15, 0.2) is 48.5 Å². The lowest BCUT2D eigenvalue weighted by Crippen LogP contribution is -2.62. The topological polar surface area (TPSA) is 36.0 Å². The van der Waals surface area contributed by atoms with Gasteiger partial charge in [0.1, 0.15) is 5.75 Å². The van der Waals surface area contributed by atoms with Crippen LogP contribution in [0.1, 0.15) is 5.56 Å². The molecule has 2 aromatic rings. The minimum atomic E-state index is 0.0176. The standard InChI is InChI=1S/C24H29N3O2S/c1-29-20-8-6-19(7-9-20)26-10-11-27-22-5-3-2-4-18(22)16-21(23(27)17-26)24(28)25-12-14-30-15-13-25/h2-9,21,23H,10-17H2,1H3. The maximum absolute atomic E-state index is 13.6. The second-order valence-corrected chi connectivity index (χ2v) is 9.51. The Bertz CT molecular complexity index is 898. The molecule has 5 rings (SSSR count). The van der Waals surface area contributed by atoms with E-state index < -0.39 is 0 Å². The number of benzene rings is 2. The van der Waals surface area contributed by atoms with Crippen LogP contribution in [-0.2, 0) is 11.2 Å². The molecule has 1 amide bonds. The summed E-state index contributed by atoms with van der Waals surface area (Å²) in [5.41, 5.74) is 3.83. The van der Waals surface area contributed by atoms with Crippen LogP contribution in [0.5, 0.6) is 5.75 Å². The fourth-order valence-corrected chi connectivity index (χ4v) is 5.99. The van der Waals surface area contributed by atoms with Crippen LogP contribution >= 0.6 is 11.8 Å². The van der Waals surface area contributed by atoms with Gasteiger partial charge in [0.25, 0.3) is 0 Å². The molecule has 0 bridgehead atoms. The number of hydrogen-bond donors (Lipinski definition) is 0. The van der Waals surface area contributed by atoms with E-state index in [0.717, 1.165) is 56.4 Å². The van der Waals surface area contributed by atoms with Gasteiger partial charge in [-0.25, -0.2) is 0 Å². The van der Waals surface area contributed by atoms with Crippen molar-refractivity contribution < 1.29 is 9.53 Å². The van der Waals surface area contributed by atoms with E-state index in [4.69, 9.17) is 4.74 Å². The Morgan fingerprint density at radius 1 is 1.00 bits per heavy atom. The van der Waals surface area contributed by atoms with Crippen LogP contribution in [0.2, 0.25) is 0 Å². The van der Waals surface area contributed by atoms with Gasteiger partial charge in [-0.1, -0.05) is 18.2 Å². The number of amides is 1. The molecule has 3 heterocycles. The second-order valence-electron chi connectivity index (χ2n) is 8.28. The molecule has 0 radical (unpaired) electrons. The molecule has 3 aliphatic rings. The van der Waals surface area contributed by atoms with Crippen LogP contribution < -0.4 is 14.5 Å². The quantitative estimate of drug-likeness (QED) is 0.758. The van der Waals surface area contributed by atoms with Gasteiger partial charge in [0.05, 0.1) is 19.1 Å². The number of hydrogen-bond acceptors (Lipinski definition) is 5. The number of thioether (sulfide) groups is 1. The van der Waals surface area contributed by atoms with Gasteiger partial charge in [-0.15, -0.1) is 0 Å². The first kappa shape index (κ1) is 19.6. The number of piperazine rings is 1. The Kier molecular flexibility index (Phi) is 5.50. The normalized spacial score (nSPS) is 23.6. The van der Waals surface area contributed by atoms with Gasteiger partial charge in [-0.05, 0) is 42.3 Å². The molecule has 158 valence electrons. The van der Waals surface area contributed by atoms with E-state index in [-0.39, 0.29) is 12.0 Å². The Morgan fingerprint density at radius 3 is 2.53 bits per heavy atom. The van der Waals surface area contributed by atoms with Crippen molar-refractivity contribution >= 4 is 29.0 Å². The molecule has 3 aliphatic heterocycles. The highest BCUT2D eigenvalue weighted by molar-refractivity contribution is 7.99. The second kappa shape index (κ2) is 8.42. The van der Waals surface area contributed by atoms with Crippen LogP contribution in [-0.4, -0.2) is 68.2 Å². The Morgan fingerprint density at radius 2 is 1.77 bits per heavy atom. The minimum absolute atomic E-state index is 0.0176. The molecule has 2 fully saturated rings. The Hall–Kier alpha value is -2.34. The van der Waals surface area contributed by atoms with Crippen molar-refractivity contribution in [3.05, 3.63) is 54.1 Å². The molecule has 0 spiro atoms. The third-order valence-electron chi connectivity index (χ3n) is 6.70. The zero-order valence-corrected chi connectivity index (χ0v) is 18.3. The molecule has 2 atom stereocenters. The third-order valence-corrected chi connectivity index (χ3v) is 7.64. The van der Waals surface area contributed by atoms with Crippen molar-refractivity contribution in [1.29, 1.82) is 0 Å². The van der Waals surface area contributed by atoms with Crippen LogP contribution in [0.25, 0.3) is 0 Å². The van der Waals surface area contributed by atoms with Gasteiger partial charge >= 0.3 is 0 Å². The van der Waals surface area contributed by atoms with E-state index in [2.05, 4.69) is 51.1 Å². The summed E-state index contributed by atoms with van der Waals surface area (Å²) < 4.78 is 5.32. The van der Waals surface area contributed by atoms with E-state index in [1.807, 2.05) is 23.9 Å². The van der Waals surface area contributed by atoms with Crippen molar-refractivity contribution in [3.8, 4) is 5.75 Å². The predicted molar refractivity (Wildman–Crippen MR) is 124 cm³/mol. The lowest BCUT2D eigenvalue weighted by atomic mass is 9.83. The number of anilines is 2. The fourth-order valence-electron chi connectivity index (χ4n) is 5.09. The highest BCUT2D eigenvalue weighted by Crippen LogP contribution is 2.38. The fraction of sp³-hybridized carbons (Fsp3) is 0.458. The van der Waals surface area contributed by atoms with Gasteiger partial charge in [-0.2, -0.15) is 11.8 Å². The number of ether oxygens (including phenoxy) is 1. The van der Waals surface area contributed by atoms with Crippen molar-refractivity contribution in [2.24, 2.45) is 5.92 Å². The Labute approximate surface area is 183 Å². The molecular formula is C24H29N3O2S. The van der Waals surface area contributed by atoms with E-state index in [9.17, 15) is 4.79 Å². The monoisotopic (exact) mass is 423 g/mol. The van der Waals surface area contributed by atoms with Crippen molar-refractivity contribution in [2.75, 3.05) is 61.1 Å². The predicted octanol–water partition coefficient (Wildman–Crippen LogP) is 3.14. The average molecular weight is 424 g/mol. The summed E-state index contributed by atoms with van der Waals surface area (Å²) in [7, 11) is 1.70. The first-order valence-electron chi connectivity index (χ1n) is 10.8. The van der Waals surface area contributed by atoms with E-state index in [1.165, 1.54) is 16.9 Å². The zero-order chi connectivity index (χ0) is 20.5. The summed E-state index contributed by atoms with van der Waals surface area (Å²) in [6, 6.07) is 17.2. The molecule has 0 aliphatic carbocycles. The minimum Gasteiger partial charge on any atom is -0.497 e. The summed E-state index contributed by atoms with van der Waals surface area (Å²) in [5.74, 6) is 3.35. The highest BCUT2D eigenvalue weighted by atomic mass is 32.2. The summed E-state index contributed by atoms with van der Waals surface area (Å²) in [6.07, 6.45) is 0.844. The molecule has 2 unspecified atom stereocenters. The Balaban J connectivity index is 1.43. The zero-order valence-electron chi connectivity index (χ0n) is 17.5. The van der Waals surface area contributed by atoms with Gasteiger partial charge in [0.2, 0.25) is 5.91 Å². The molecule has 30 heavy (non-hydrogen) atoms. The molecule has 0 N–H and O–H groups in total. The lowest BCUT2D eigenvalue weighted by molar-refractivity contribution is -0.136. The van der Waals surface area contributed by atoms with Crippen LogP contribution in [0, 0.1) is 5.92 Å². The van der Waals surface area contributed by atoms with Crippen LogP contribution in [0.4, 0.5) is 11.4 Å². The summed E-state index contributed by atoms with van der Waals surface area (Å²) in [4.78, 5) is 20.6. The van der Waals surface area contributed by atoms with Crippen LogP contribution in [0.3, 0.4) is 0 Å². The highest BCUT2D eigenvalue weighted by Gasteiger charge is 2.43. The summed E-state index contributed by atoms with van der Waals surface area (Å²) in [6.45, 7) is 4.54. The SMILES string of the molecule is COc1ccc(N2CCN3c4ccccc4CC(C(=O)N4CCSCC4)C3C2)cc1. The summed E-state index contributed by atoms with van der Waals surface area (Å²) >= 11 is 1.95. The largest absolute Gasteiger partial charge is 0.497 e. The number of carbonyl (C=O) groups excluding carboxylic acids is 1. The van der Waals surface area contributed by atoms with Crippen molar-refractivity contribution in [1.82, 2.24) is 4.90 Å². The molecule has 2 aromatic carbocycles. The molecule has 2 saturated heterocycles. The maximum atomic E-state index is 13.6. The van der Waals surface area contributed by atoms with E-state index in [0.29, 0.717) is 5.91 Å². The molecule has 5 nitrogen and oxygen atoms in total. The van der Waals surface area contributed by atoms with E-state index in [1.54, 1.807) is 7.11 Å². The van der Waals surface area contributed by atoms with Crippen molar-refractivity contribution in [3.63, 3.8) is 0 Å². The molecule has 6 heteroatoms. The van der Waals surface area contributed by atoms with Gasteiger partial charge in [0, 0.05) is 55.6 Å². The summed E-state index contributed by atoms with van der Waals surface area (Å²) in [5, 5.41) is 0. The molecule has 0 aromatic heterocycles. The number of fused-ring (bicyclic) bond motifs is 3. The van der Waals surface area contributed by atoms with Gasteiger partial charge in [-0.3, -0.25) is 4.79 Å². The lowest BCUT2D eigenvalue weighted by Gasteiger charge is -2.50. The number of nitrogens with zero attached hydrogens (tertiary/aromatic N) is 3. The number of rotatable bonds is 3. The number of methoxy groups -OCH3 is 1. The number of para-hydroxylation sites is 1. The van der Waals surface area contributed by atoms with Crippen molar-refractivity contribution in [2.45, 2.75) is 12.5 Å². The van der Waals surface area contributed by atoms with Gasteiger partial charge in [0.15, 0.2) is 0 Å². The first-order chi connectivity index (χ1) is 14.7. The molecule has 0 saturated carbocycles. The smallest absolute Gasteiger partial charge is 0.228 e. The number of carbonyl (C=O) groups is 1. The first-order valence-corrected chi connectivity index (χ1v) is 12.0. The van der Waals surface area contributed by atoms with E-state index >= 15 is 0 Å². The third kappa shape index (κ3) is 3.62. The maximum Gasteiger partial charge on any atom is 0.228 e.